The van der Waals surface area contributed by atoms with Gasteiger partial charge in [-0.3, -0.25) is 87.5 Å². The number of amides is 17. The first-order chi connectivity index (χ1) is 60.9. The molecule has 0 unspecified atom stereocenters. The summed E-state index contributed by atoms with van der Waals surface area (Å²) < 4.78 is 12.1. The lowest BCUT2D eigenvalue weighted by Gasteiger charge is -2.36. The summed E-state index contributed by atoms with van der Waals surface area (Å²) in [5.74, 6) is -19.9. The molecule has 49 nitrogen and oxygen atoms in total. The number of H-pyrrole nitrogens is 2. The number of primary amides is 1. The van der Waals surface area contributed by atoms with Gasteiger partial charge in [0.1, 0.15) is 95.5 Å². The van der Waals surface area contributed by atoms with Crippen LogP contribution in [-0.4, -0.2) is 251 Å². The number of nitrogens with one attached hydrogen (secondary N) is 20. The number of benzene rings is 3. The maximum atomic E-state index is 14.3. The molecule has 129 heavy (non-hydrogen) atoms. The van der Waals surface area contributed by atoms with Crippen molar-refractivity contribution in [2.75, 3.05) is 19.6 Å². The number of esters is 1. The number of aliphatic carboxylic acids is 2. The average molecular weight is 1800 g/mol. The molecule has 0 radical (unpaired) electrons. The van der Waals surface area contributed by atoms with Gasteiger partial charge < -0.3 is 131 Å². The molecule has 0 saturated carbocycles. The zero-order valence-corrected chi connectivity index (χ0v) is 71.5. The van der Waals surface area contributed by atoms with Crippen LogP contribution in [0.15, 0.2) is 79.6 Å². The van der Waals surface area contributed by atoms with Gasteiger partial charge in [-0.2, -0.15) is 0 Å². The van der Waals surface area contributed by atoms with Gasteiger partial charge in [0.15, 0.2) is 11.6 Å². The first kappa shape index (κ1) is 101. The van der Waals surface area contributed by atoms with Gasteiger partial charge in [-0.25, -0.2) is 29.8 Å². The second-order valence-electron chi connectivity index (χ2n) is 30.7. The predicted octanol–water partition coefficient (Wildman–Crippen LogP) is -5.25. The van der Waals surface area contributed by atoms with E-state index in [9.17, 15) is 112 Å². The second-order valence-corrected chi connectivity index (χ2v) is 30.7. The Labute approximate surface area is 735 Å². The molecule has 3 aromatic carbocycles. The third kappa shape index (κ3) is 28.8. The van der Waals surface area contributed by atoms with E-state index in [1.807, 2.05) is 0 Å². The number of ether oxygens (including phenoxy) is 2. The molecule has 13 atom stereocenters. The normalized spacial score (nSPS) is 14.9. The SMILES string of the molecule is CC[C@H](C)[C@H](NC(=O)NNC(=O)[C@H](C)NC(=O)[C@H](Cc1c[nH]cn1)NC(=O)[C@H](C)NC(=O)[C@H](C)NC(=O)[C@H](Cc1c[nH]cn1)NC(=O)[C@@H](NC(=O)[C@H](C)NC(=O)[C@H](CCC(N)=O)NC(=O)c1ccc2c(c1)C1(OC2=O)c2ccc(O)cc2Oc2cc(O)ccc21)C(C)C)C(=O)NCC(=O)N[C@@H](CCC(=O)O)C(=O)N[C@@H](C)C(=O)NCC(=O)N[C@@H](CCCNC(=N)N)C(=O)O. The van der Waals surface area contributed by atoms with Crippen molar-refractivity contribution in [1.82, 2.24) is 111 Å². The predicted molar refractivity (Wildman–Crippen MR) is 448 cm³/mol. The van der Waals surface area contributed by atoms with Crippen molar-refractivity contribution in [2.45, 2.75) is 198 Å². The number of nitrogens with two attached hydrogens (primary N) is 2. The number of aromatic amines is 2. The van der Waals surface area contributed by atoms with Gasteiger partial charge in [0.25, 0.3) is 11.8 Å². The van der Waals surface area contributed by atoms with Crippen LogP contribution in [0.5, 0.6) is 23.0 Å². The number of hydrazine groups is 1. The van der Waals surface area contributed by atoms with Crippen molar-refractivity contribution < 1.29 is 121 Å². The number of carbonyl (C=O) groups is 19. The molecule has 28 N–H and O–H groups in total. The number of guanidine groups is 1. The zero-order valence-electron chi connectivity index (χ0n) is 71.5. The molecule has 0 aliphatic carbocycles. The van der Waals surface area contributed by atoms with E-state index in [-0.39, 0.29) is 113 Å². The molecule has 1 spiro atoms. The number of imidazole rings is 2. The number of rotatable bonds is 46. The molecule has 5 aromatic rings. The smallest absolute Gasteiger partial charge is 0.340 e. The number of phenolic OH excluding ortho intramolecular Hbond substituents is 2. The largest absolute Gasteiger partial charge is 0.508 e. The maximum absolute atomic E-state index is 14.3. The van der Waals surface area contributed by atoms with Crippen molar-refractivity contribution in [3.8, 4) is 23.0 Å². The Morgan fingerprint density at radius 2 is 0.953 bits per heavy atom. The highest BCUT2D eigenvalue weighted by Gasteiger charge is 2.54. The summed E-state index contributed by atoms with van der Waals surface area (Å²) in [6.45, 7) is 11.0. The second kappa shape index (κ2) is 46.4. The number of carboxylic acid groups (broad SMARTS) is 2. The Morgan fingerprint density at radius 3 is 1.45 bits per heavy atom. The number of nitrogens with zero attached hydrogens (tertiary/aromatic N) is 2. The van der Waals surface area contributed by atoms with E-state index in [1.54, 1.807) is 27.7 Å². The topological polar surface area (TPSA) is 761 Å². The molecule has 17 amide bonds. The fourth-order valence-corrected chi connectivity index (χ4v) is 13.1. The number of aromatic nitrogens is 4. The van der Waals surface area contributed by atoms with E-state index in [0.29, 0.717) is 0 Å². The van der Waals surface area contributed by atoms with E-state index in [2.05, 4.69) is 111 Å². The van der Waals surface area contributed by atoms with Crippen molar-refractivity contribution >= 4 is 119 Å². The molecule has 696 valence electrons. The van der Waals surface area contributed by atoms with E-state index in [0.717, 1.165) is 0 Å². The van der Waals surface area contributed by atoms with Gasteiger partial charge in [-0.15, -0.1) is 0 Å². The summed E-state index contributed by atoms with van der Waals surface area (Å²) in [6, 6.07) is -6.74. The molecular weight excluding hydrogens is 1700 g/mol. The molecule has 2 aromatic heterocycles. The number of hydrogen-bond donors (Lipinski definition) is 26. The summed E-state index contributed by atoms with van der Waals surface area (Å²) >= 11 is 0. The van der Waals surface area contributed by atoms with Crippen LogP contribution in [0, 0.1) is 17.2 Å². The number of carbonyl (C=O) groups excluding carboxylic acids is 17. The van der Waals surface area contributed by atoms with Gasteiger partial charge in [0.2, 0.25) is 76.8 Å². The van der Waals surface area contributed by atoms with Crippen LogP contribution in [0.3, 0.4) is 0 Å². The van der Waals surface area contributed by atoms with Crippen LogP contribution < -0.4 is 107 Å². The third-order valence-corrected chi connectivity index (χ3v) is 20.4. The van der Waals surface area contributed by atoms with E-state index >= 15 is 0 Å². The third-order valence-electron chi connectivity index (χ3n) is 20.4. The zero-order chi connectivity index (χ0) is 95.4. The van der Waals surface area contributed by atoms with Crippen molar-refractivity contribution in [1.29, 1.82) is 5.41 Å². The van der Waals surface area contributed by atoms with E-state index < -0.39 is 235 Å². The molecule has 4 heterocycles. The van der Waals surface area contributed by atoms with Crippen molar-refractivity contribution in [2.24, 2.45) is 23.3 Å². The van der Waals surface area contributed by atoms with Gasteiger partial charge in [-0.05, 0) is 115 Å². The summed E-state index contributed by atoms with van der Waals surface area (Å²) in [5, 5.41) is 83.0. The lowest BCUT2D eigenvalue weighted by Crippen LogP contribution is -2.61. The summed E-state index contributed by atoms with van der Waals surface area (Å²) in [4.78, 5) is 267. The van der Waals surface area contributed by atoms with Crippen LogP contribution >= 0.6 is 0 Å². The Morgan fingerprint density at radius 1 is 0.481 bits per heavy atom. The molecule has 0 fully saturated rings. The minimum Gasteiger partial charge on any atom is -0.508 e. The highest BCUT2D eigenvalue weighted by Crippen LogP contribution is 2.57. The van der Waals surface area contributed by atoms with Crippen LogP contribution in [0.4, 0.5) is 4.79 Å². The first-order valence-electron chi connectivity index (χ1n) is 40.6. The minimum atomic E-state index is -1.78. The van der Waals surface area contributed by atoms with Gasteiger partial charge in [-0.1, -0.05) is 34.1 Å². The fraction of sp³-hybridized carbons (Fsp3) is 0.450. The van der Waals surface area contributed by atoms with Gasteiger partial charge >= 0.3 is 23.9 Å². The molecular formula is C80H106N24O25. The first-order valence-corrected chi connectivity index (χ1v) is 40.6. The number of carboxylic acids is 2. The molecule has 0 saturated heterocycles. The highest BCUT2D eigenvalue weighted by atomic mass is 16.6. The molecule has 2 aliphatic rings. The Balaban J connectivity index is 0.895. The van der Waals surface area contributed by atoms with E-state index in [1.165, 1.54) is 114 Å². The van der Waals surface area contributed by atoms with E-state index in [4.69, 9.17) is 26.4 Å². The number of phenols is 2. The Kier molecular flexibility index (Phi) is 36.2. The highest BCUT2D eigenvalue weighted by molar-refractivity contribution is 6.04. The standard InChI is InChI=1S/C80H106N24O25/c1-10-36(4)63(74(122)88-32-59(108)96-51(20-22-61(110)111)70(118)92-37(5)64(112)87-31-60(109)97-53(76(124)125)12-11-23-86-78(82)83)102-79(127)104-103-68(116)41(9)95-72(120)54(25-43-29-84-33-89-43)99-66(114)39(7)91-65(113)38(6)94-73(121)55(26-44-30-85-34-90-44)100-75(123)62(35(2)3)101-67(115)40(8)93-71(119)52(19-21-58(81)107)98-69(117)42-13-16-47-50(24-42)80(129-77(47)126)48-17-14-45(105)27-56(48)128-57-28-46(106)15-18-49(57)80/h13-18,24,27-30,33-41,51-55,62-63,105-106H,10-12,19-23,25-26,31-32H2,1-9H3,(H2,81,107)(H,84,89)(H,85,90)(H,87,112)(H,88,122)(H,91,113)(H,92,118)(H,93,119)(H,94,121)(H,95,120)(H,96,108)(H,97,109)(H,98,117)(H,99,114)(H,100,123)(H,101,115)(H,103,116)(H,110,111)(H,124,125)(H4,82,83,86)(H2,102,104,127)/t36-,37-,38-,39-,40-,41-,51-,52-,53-,54-,55-,62-,63-/m0/s1. The molecule has 0 bridgehead atoms. The summed E-state index contributed by atoms with van der Waals surface area (Å²) in [5.41, 5.74) is 14.1. The van der Waals surface area contributed by atoms with Crippen molar-refractivity contribution in [3.05, 3.63) is 119 Å². The maximum Gasteiger partial charge on any atom is 0.340 e. The van der Waals surface area contributed by atoms with Crippen LogP contribution in [0.25, 0.3) is 0 Å². The van der Waals surface area contributed by atoms with Crippen LogP contribution in [-0.2, 0) is 99.9 Å². The Bertz CT molecular complexity index is 4980. The number of aromatic hydroxyl groups is 2. The van der Waals surface area contributed by atoms with Crippen molar-refractivity contribution in [3.63, 3.8) is 0 Å². The molecule has 2 aliphatic heterocycles. The summed E-state index contributed by atoms with van der Waals surface area (Å²) in [7, 11) is 0. The number of hydrogen-bond acceptors (Lipinski definition) is 26. The fourth-order valence-electron chi connectivity index (χ4n) is 13.1. The molecule has 7 rings (SSSR count). The van der Waals surface area contributed by atoms with Gasteiger partial charge in [0.05, 0.1) is 42.7 Å². The summed E-state index contributed by atoms with van der Waals surface area (Å²) in [6.07, 6.45) is 3.17. The lowest BCUT2D eigenvalue weighted by atomic mass is 9.77. The molecule has 49 heteroatoms. The Hall–Kier alpha value is -15.5. The number of urea groups is 1. The minimum absolute atomic E-state index is 0.0394. The average Bonchev–Trinajstić information content (AvgIpc) is 1.57. The monoisotopic (exact) mass is 1800 g/mol. The quantitative estimate of drug-likeness (QED) is 0.00569. The van der Waals surface area contributed by atoms with Crippen LogP contribution in [0.2, 0.25) is 0 Å². The lowest BCUT2D eigenvalue weighted by molar-refractivity contribution is -0.142. The van der Waals surface area contributed by atoms with Crippen LogP contribution in [0.1, 0.15) is 156 Å². The van der Waals surface area contributed by atoms with Gasteiger partial charge in [0, 0.05) is 79.0 Å². The number of fused-ring (bicyclic) bond motifs is 6.